The van der Waals surface area contributed by atoms with Crippen LogP contribution in [-0.2, 0) is 4.79 Å². The summed E-state index contributed by atoms with van der Waals surface area (Å²) in [6, 6.07) is 0. The van der Waals surface area contributed by atoms with Crippen LogP contribution in [0.15, 0.2) is 24.8 Å². The summed E-state index contributed by atoms with van der Waals surface area (Å²) in [6.45, 7) is 11.5. The van der Waals surface area contributed by atoms with Gasteiger partial charge in [0.1, 0.15) is 0 Å². The van der Waals surface area contributed by atoms with Crippen molar-refractivity contribution in [2.75, 3.05) is 13.1 Å². The first-order valence-corrected chi connectivity index (χ1v) is 6.13. The van der Waals surface area contributed by atoms with Gasteiger partial charge in [-0.2, -0.15) is 0 Å². The van der Waals surface area contributed by atoms with Crippen LogP contribution in [0.2, 0.25) is 0 Å². The summed E-state index contributed by atoms with van der Waals surface area (Å²) in [5.74, 6) is 0.826. The summed E-state index contributed by atoms with van der Waals surface area (Å²) in [5, 5.41) is 0. The second-order valence-electron chi connectivity index (χ2n) is 5.48. The fourth-order valence-electron chi connectivity index (χ4n) is 3.07. The molecule has 0 unspecified atom stereocenters. The van der Waals surface area contributed by atoms with Gasteiger partial charge in [-0.1, -0.05) is 18.7 Å². The van der Waals surface area contributed by atoms with Crippen LogP contribution in [0.1, 0.15) is 32.6 Å². The molecule has 2 nitrogen and oxygen atoms in total. The molecule has 0 radical (unpaired) electrons. The first-order valence-electron chi connectivity index (χ1n) is 6.13. The number of rotatable bonds is 2. The van der Waals surface area contributed by atoms with Crippen molar-refractivity contribution in [1.29, 1.82) is 0 Å². The van der Waals surface area contributed by atoms with Crippen molar-refractivity contribution in [2.24, 2.45) is 11.3 Å². The quantitative estimate of drug-likeness (QED) is 0.516. The van der Waals surface area contributed by atoms with Gasteiger partial charge in [-0.05, 0) is 50.0 Å². The van der Waals surface area contributed by atoms with E-state index < -0.39 is 0 Å². The van der Waals surface area contributed by atoms with Crippen LogP contribution in [0.5, 0.6) is 0 Å². The molecule has 2 aliphatic rings. The minimum Gasteiger partial charge on any atom is -0.339 e. The Kier molecular flexibility index (Phi) is 2.92. The molecule has 16 heavy (non-hydrogen) atoms. The number of amides is 1. The van der Waals surface area contributed by atoms with Crippen LogP contribution >= 0.6 is 0 Å². The third kappa shape index (κ3) is 1.93. The topological polar surface area (TPSA) is 20.3 Å². The lowest BCUT2D eigenvalue weighted by Gasteiger charge is -2.52. The predicted octanol–water partition coefficient (Wildman–Crippen LogP) is 2.77. The van der Waals surface area contributed by atoms with Crippen molar-refractivity contribution in [3.8, 4) is 0 Å². The van der Waals surface area contributed by atoms with Gasteiger partial charge in [-0.3, -0.25) is 4.79 Å². The van der Waals surface area contributed by atoms with Crippen molar-refractivity contribution >= 4 is 5.91 Å². The molecule has 2 rings (SSSR count). The zero-order valence-electron chi connectivity index (χ0n) is 10.2. The van der Waals surface area contributed by atoms with Gasteiger partial charge >= 0.3 is 0 Å². The molecular weight excluding hydrogens is 198 g/mol. The van der Waals surface area contributed by atoms with E-state index in [0.29, 0.717) is 5.41 Å². The van der Waals surface area contributed by atoms with Crippen molar-refractivity contribution in [3.63, 3.8) is 0 Å². The van der Waals surface area contributed by atoms with Crippen molar-refractivity contribution in [1.82, 2.24) is 4.90 Å². The van der Waals surface area contributed by atoms with Gasteiger partial charge in [-0.25, -0.2) is 0 Å². The third-order valence-electron chi connectivity index (χ3n) is 4.37. The summed E-state index contributed by atoms with van der Waals surface area (Å²) in [7, 11) is 0. The van der Waals surface area contributed by atoms with E-state index in [1.807, 2.05) is 4.90 Å². The van der Waals surface area contributed by atoms with Crippen LogP contribution in [0.25, 0.3) is 0 Å². The number of piperidine rings is 1. The molecule has 0 bridgehead atoms. The maximum atomic E-state index is 11.5. The number of carbonyl (C=O) groups is 1. The average molecular weight is 219 g/mol. The molecule has 88 valence electrons. The largest absolute Gasteiger partial charge is 0.339 e. The molecule has 0 aromatic heterocycles. The zero-order valence-corrected chi connectivity index (χ0v) is 10.2. The number of nitrogens with zero attached hydrogens (tertiary/aromatic N) is 1. The highest BCUT2D eigenvalue weighted by molar-refractivity contribution is 5.87. The fraction of sp³-hybridized carbons (Fsp3) is 0.643. The van der Waals surface area contributed by atoms with Crippen LogP contribution in [-0.4, -0.2) is 23.9 Å². The number of likely N-dealkylation sites (tertiary alicyclic amines) is 1. The number of carbonyl (C=O) groups excluding carboxylic acids is 1. The molecule has 0 aromatic carbocycles. The molecule has 1 aliphatic heterocycles. The maximum absolute atomic E-state index is 11.5. The Labute approximate surface area is 98.0 Å². The van der Waals surface area contributed by atoms with Gasteiger partial charge in [-0.15, -0.1) is 0 Å². The van der Waals surface area contributed by atoms with Gasteiger partial charge in [0.15, 0.2) is 0 Å². The second-order valence-corrected chi connectivity index (χ2v) is 5.48. The number of hydrogen-bond donors (Lipinski definition) is 0. The predicted molar refractivity (Wildman–Crippen MR) is 66.0 cm³/mol. The Bertz CT molecular complexity index is 316. The van der Waals surface area contributed by atoms with E-state index in [1.54, 1.807) is 0 Å². The Morgan fingerprint density at radius 1 is 1.38 bits per heavy atom. The average Bonchev–Trinajstić information content (AvgIpc) is 2.24. The van der Waals surface area contributed by atoms with Crippen LogP contribution in [0.4, 0.5) is 0 Å². The van der Waals surface area contributed by atoms with Gasteiger partial charge < -0.3 is 4.90 Å². The molecular formula is C14H21NO. The Balaban J connectivity index is 1.85. The lowest BCUT2D eigenvalue weighted by Crippen LogP contribution is -2.48. The Hall–Kier alpha value is -1.05. The Morgan fingerprint density at radius 3 is 2.38 bits per heavy atom. The van der Waals surface area contributed by atoms with E-state index >= 15 is 0 Å². The van der Waals surface area contributed by atoms with E-state index in [0.717, 1.165) is 31.8 Å². The van der Waals surface area contributed by atoms with Crippen LogP contribution < -0.4 is 0 Å². The molecule has 1 spiro atoms. The first-order chi connectivity index (χ1) is 7.56. The maximum Gasteiger partial charge on any atom is 0.245 e. The first kappa shape index (κ1) is 11.4. The molecule has 0 aromatic rings. The molecule has 2 heteroatoms. The molecule has 2 fully saturated rings. The molecule has 1 saturated carbocycles. The molecule has 1 amide bonds. The summed E-state index contributed by atoms with van der Waals surface area (Å²) in [5.41, 5.74) is 1.86. The second kappa shape index (κ2) is 4.08. The minimum absolute atomic E-state index is 0.0885. The van der Waals surface area contributed by atoms with E-state index in [2.05, 4.69) is 20.1 Å². The molecule has 0 N–H and O–H groups in total. The summed E-state index contributed by atoms with van der Waals surface area (Å²) in [4.78, 5) is 13.4. The fourth-order valence-corrected chi connectivity index (χ4v) is 3.07. The summed E-state index contributed by atoms with van der Waals surface area (Å²) < 4.78 is 0. The highest BCUT2D eigenvalue weighted by Crippen LogP contribution is 2.54. The molecule has 1 heterocycles. The van der Waals surface area contributed by atoms with Gasteiger partial charge in [0.2, 0.25) is 5.91 Å². The van der Waals surface area contributed by atoms with Crippen LogP contribution in [0, 0.1) is 11.3 Å². The third-order valence-corrected chi connectivity index (χ3v) is 4.37. The van der Waals surface area contributed by atoms with Gasteiger partial charge in [0.05, 0.1) is 0 Å². The van der Waals surface area contributed by atoms with Crippen molar-refractivity contribution in [3.05, 3.63) is 24.8 Å². The van der Waals surface area contributed by atoms with E-state index in [4.69, 9.17) is 0 Å². The van der Waals surface area contributed by atoms with E-state index in [-0.39, 0.29) is 5.91 Å². The highest BCUT2D eigenvalue weighted by atomic mass is 16.2. The van der Waals surface area contributed by atoms with Crippen molar-refractivity contribution in [2.45, 2.75) is 32.6 Å². The van der Waals surface area contributed by atoms with Crippen molar-refractivity contribution < 1.29 is 4.79 Å². The SMILES string of the molecule is C=CC(=O)N1CCC2(CC1)CC(C(=C)C)C2. The summed E-state index contributed by atoms with van der Waals surface area (Å²) in [6.07, 6.45) is 6.33. The summed E-state index contributed by atoms with van der Waals surface area (Å²) >= 11 is 0. The monoisotopic (exact) mass is 219 g/mol. The number of hydrogen-bond acceptors (Lipinski definition) is 1. The zero-order chi connectivity index (χ0) is 11.8. The Morgan fingerprint density at radius 2 is 1.94 bits per heavy atom. The normalized spacial score (nSPS) is 23.9. The highest BCUT2D eigenvalue weighted by Gasteiger charge is 2.46. The smallest absolute Gasteiger partial charge is 0.245 e. The number of allylic oxidation sites excluding steroid dienone is 1. The minimum atomic E-state index is 0.0885. The van der Waals surface area contributed by atoms with Gasteiger partial charge in [0.25, 0.3) is 0 Å². The standard InChI is InChI=1S/C14H21NO/c1-4-13(16)15-7-5-14(6-8-15)9-12(10-14)11(2)3/h4,12H,1-2,5-10H2,3H3. The van der Waals surface area contributed by atoms with Crippen LogP contribution in [0.3, 0.4) is 0 Å². The van der Waals surface area contributed by atoms with E-state index in [9.17, 15) is 4.79 Å². The lowest BCUT2D eigenvalue weighted by molar-refractivity contribution is -0.129. The van der Waals surface area contributed by atoms with Gasteiger partial charge in [0, 0.05) is 13.1 Å². The molecule has 0 atom stereocenters. The lowest BCUT2D eigenvalue weighted by atomic mass is 9.56. The van der Waals surface area contributed by atoms with E-state index in [1.165, 1.54) is 24.5 Å². The molecule has 1 aliphatic carbocycles. The molecule has 1 saturated heterocycles.